The molecule has 0 radical (unpaired) electrons. The summed E-state index contributed by atoms with van der Waals surface area (Å²) < 4.78 is 0. The van der Waals surface area contributed by atoms with Crippen molar-refractivity contribution in [2.75, 3.05) is 0 Å². The number of aliphatic hydroxyl groups excluding tert-OH is 1. The lowest BCUT2D eigenvalue weighted by atomic mass is 9.39. The summed E-state index contributed by atoms with van der Waals surface area (Å²) in [6.45, 7) is 5.12. The second-order valence-electron chi connectivity index (χ2n) is 6.69. The number of fused-ring (bicyclic) bond motifs is 1. The molecule has 4 bridgehead atoms. The Labute approximate surface area is 106 Å². The molecule has 0 aromatic heterocycles. The maximum absolute atomic E-state index is 12.5. The summed E-state index contributed by atoms with van der Waals surface area (Å²) in [5, 5.41) is 20.6. The van der Waals surface area contributed by atoms with Crippen molar-refractivity contribution in [1.29, 1.82) is 0 Å². The van der Waals surface area contributed by atoms with Crippen molar-refractivity contribution < 1.29 is 19.8 Å². The number of Topliss-reactive ketones (excluding diaryl/α,β-unsaturated/α-hetero) is 2. The molecular formula is C14H20O4. The molecule has 18 heavy (non-hydrogen) atoms. The van der Waals surface area contributed by atoms with Crippen LogP contribution in [0, 0.1) is 29.1 Å². The van der Waals surface area contributed by atoms with Crippen LogP contribution in [0.2, 0.25) is 0 Å². The van der Waals surface area contributed by atoms with Gasteiger partial charge in [0, 0.05) is 5.92 Å². The van der Waals surface area contributed by atoms with Gasteiger partial charge in [0.15, 0.2) is 11.6 Å². The summed E-state index contributed by atoms with van der Waals surface area (Å²) in [5.41, 5.74) is -2.58. The van der Waals surface area contributed by atoms with Gasteiger partial charge in [0.05, 0.1) is 17.4 Å². The number of ketones is 2. The van der Waals surface area contributed by atoms with Crippen LogP contribution in [0.4, 0.5) is 0 Å². The van der Waals surface area contributed by atoms with Gasteiger partial charge in [-0.25, -0.2) is 0 Å². The van der Waals surface area contributed by atoms with Gasteiger partial charge < -0.3 is 10.2 Å². The van der Waals surface area contributed by atoms with Crippen molar-refractivity contribution in [3.05, 3.63) is 0 Å². The SMILES string of the molecule is C[C@H]1C2CC[C@@H](O)C3C(=O)[C@]1(C)C(=O)C(C)(O)C32. The third-order valence-corrected chi connectivity index (χ3v) is 6.01. The Hall–Kier alpha value is -0.740. The second kappa shape index (κ2) is 3.23. The van der Waals surface area contributed by atoms with Gasteiger partial charge in [0.25, 0.3) is 0 Å². The zero-order valence-electron chi connectivity index (χ0n) is 11.0. The van der Waals surface area contributed by atoms with Crippen molar-refractivity contribution >= 4 is 11.6 Å². The van der Waals surface area contributed by atoms with Crippen LogP contribution in [-0.4, -0.2) is 33.5 Å². The largest absolute Gasteiger partial charge is 0.392 e. The van der Waals surface area contributed by atoms with Crippen LogP contribution in [0.1, 0.15) is 33.6 Å². The van der Waals surface area contributed by atoms with Crippen LogP contribution in [0.15, 0.2) is 0 Å². The lowest BCUT2D eigenvalue weighted by Crippen LogP contribution is -2.75. The number of hydrogen-bond donors (Lipinski definition) is 2. The first-order chi connectivity index (χ1) is 8.24. The Morgan fingerprint density at radius 2 is 1.83 bits per heavy atom. The minimum absolute atomic E-state index is 0.0357. The molecule has 0 aliphatic heterocycles. The molecule has 0 aromatic rings. The third kappa shape index (κ3) is 1.05. The Morgan fingerprint density at radius 1 is 1.22 bits per heavy atom. The Bertz CT molecular complexity index is 441. The number of carbonyl (C=O) groups is 2. The van der Waals surface area contributed by atoms with E-state index in [1.807, 2.05) is 6.92 Å². The van der Waals surface area contributed by atoms with E-state index in [4.69, 9.17) is 0 Å². The van der Waals surface area contributed by atoms with E-state index in [9.17, 15) is 19.8 Å². The molecular weight excluding hydrogens is 232 g/mol. The fraction of sp³-hybridized carbons (Fsp3) is 0.857. The van der Waals surface area contributed by atoms with E-state index >= 15 is 0 Å². The van der Waals surface area contributed by atoms with Gasteiger partial charge in [-0.3, -0.25) is 9.59 Å². The molecule has 4 aliphatic carbocycles. The summed E-state index contributed by atoms with van der Waals surface area (Å²) in [4.78, 5) is 25.0. The molecule has 100 valence electrons. The molecule has 4 rings (SSSR count). The highest BCUT2D eigenvalue weighted by Gasteiger charge is 2.73. The smallest absolute Gasteiger partial charge is 0.177 e. The van der Waals surface area contributed by atoms with Crippen LogP contribution < -0.4 is 0 Å². The van der Waals surface area contributed by atoms with Crippen molar-refractivity contribution in [3.8, 4) is 0 Å². The zero-order chi connectivity index (χ0) is 13.5. The van der Waals surface area contributed by atoms with Gasteiger partial charge in [-0.05, 0) is 38.5 Å². The molecule has 2 N–H and O–H groups in total. The first-order valence-corrected chi connectivity index (χ1v) is 6.73. The molecule has 4 saturated carbocycles. The van der Waals surface area contributed by atoms with Crippen LogP contribution >= 0.6 is 0 Å². The average Bonchev–Trinajstić information content (AvgIpc) is 2.31. The van der Waals surface area contributed by atoms with Crippen molar-refractivity contribution in [1.82, 2.24) is 0 Å². The first kappa shape index (κ1) is 12.3. The molecule has 4 nitrogen and oxygen atoms in total. The molecule has 4 heteroatoms. The molecule has 0 spiro atoms. The lowest BCUT2D eigenvalue weighted by Gasteiger charge is -2.63. The minimum atomic E-state index is -1.47. The number of aliphatic hydroxyl groups is 2. The van der Waals surface area contributed by atoms with E-state index in [1.54, 1.807) is 6.92 Å². The van der Waals surface area contributed by atoms with E-state index in [2.05, 4.69) is 0 Å². The Morgan fingerprint density at radius 3 is 2.44 bits per heavy atom. The standard InChI is InChI=1S/C14H20O4/c1-6-7-4-5-8(15)9-10(7)14(3,18)12(17)13(6,2)11(9)16/h6-10,15,18H,4-5H2,1-3H3/t6-,7?,8+,9?,10?,13+,14?/m0/s1. The highest BCUT2D eigenvalue weighted by Crippen LogP contribution is 2.62. The van der Waals surface area contributed by atoms with Gasteiger partial charge >= 0.3 is 0 Å². The normalized spacial score (nSPS) is 59.1. The average molecular weight is 252 g/mol. The van der Waals surface area contributed by atoms with E-state index in [1.165, 1.54) is 6.92 Å². The predicted octanol–water partition coefficient (Wildman–Crippen LogP) is 0.548. The highest BCUT2D eigenvalue weighted by molar-refractivity contribution is 6.15. The van der Waals surface area contributed by atoms with Crippen LogP contribution in [0.25, 0.3) is 0 Å². The first-order valence-electron chi connectivity index (χ1n) is 6.73. The molecule has 0 saturated heterocycles. The molecule has 4 aliphatic rings. The summed E-state index contributed by atoms with van der Waals surface area (Å²) in [6.07, 6.45) is 0.683. The van der Waals surface area contributed by atoms with Gasteiger partial charge in [0.2, 0.25) is 0 Å². The van der Waals surface area contributed by atoms with Crippen LogP contribution in [0.3, 0.4) is 0 Å². The maximum Gasteiger partial charge on any atom is 0.177 e. The van der Waals surface area contributed by atoms with E-state index < -0.39 is 29.0 Å². The summed E-state index contributed by atoms with van der Waals surface area (Å²) >= 11 is 0. The van der Waals surface area contributed by atoms with Gasteiger partial charge in [0.1, 0.15) is 5.60 Å². The van der Waals surface area contributed by atoms with Crippen LogP contribution in [0.5, 0.6) is 0 Å². The number of hydrogen-bond acceptors (Lipinski definition) is 4. The topological polar surface area (TPSA) is 74.6 Å². The fourth-order valence-corrected chi connectivity index (χ4v) is 4.89. The van der Waals surface area contributed by atoms with E-state index in [0.717, 1.165) is 6.42 Å². The predicted molar refractivity (Wildman–Crippen MR) is 63.6 cm³/mol. The van der Waals surface area contributed by atoms with Gasteiger partial charge in [-0.1, -0.05) is 6.92 Å². The summed E-state index contributed by atoms with van der Waals surface area (Å²) in [5.74, 6) is -1.34. The van der Waals surface area contributed by atoms with Crippen molar-refractivity contribution in [2.45, 2.75) is 45.3 Å². The third-order valence-electron chi connectivity index (χ3n) is 6.01. The maximum atomic E-state index is 12.5. The van der Waals surface area contributed by atoms with Crippen molar-refractivity contribution in [3.63, 3.8) is 0 Å². The number of carbonyl (C=O) groups excluding carboxylic acids is 2. The molecule has 0 heterocycles. The highest BCUT2D eigenvalue weighted by atomic mass is 16.3. The van der Waals surface area contributed by atoms with Crippen LogP contribution in [-0.2, 0) is 9.59 Å². The molecule has 4 fully saturated rings. The van der Waals surface area contributed by atoms with E-state index in [0.29, 0.717) is 6.42 Å². The van der Waals surface area contributed by atoms with E-state index in [-0.39, 0.29) is 23.4 Å². The van der Waals surface area contributed by atoms with Gasteiger partial charge in [-0.2, -0.15) is 0 Å². The Kier molecular flexibility index (Phi) is 2.20. The molecule has 0 amide bonds. The second-order valence-corrected chi connectivity index (χ2v) is 6.69. The quantitative estimate of drug-likeness (QED) is 0.617. The number of rotatable bonds is 0. The van der Waals surface area contributed by atoms with Crippen molar-refractivity contribution in [2.24, 2.45) is 29.1 Å². The summed E-state index contributed by atoms with van der Waals surface area (Å²) in [7, 11) is 0. The summed E-state index contributed by atoms with van der Waals surface area (Å²) in [6, 6.07) is 0. The molecule has 0 aromatic carbocycles. The fourth-order valence-electron chi connectivity index (χ4n) is 4.89. The van der Waals surface area contributed by atoms with Gasteiger partial charge in [-0.15, -0.1) is 0 Å². The molecule has 4 unspecified atom stereocenters. The lowest BCUT2D eigenvalue weighted by molar-refractivity contribution is -0.216. The monoisotopic (exact) mass is 252 g/mol. The molecule has 7 atom stereocenters. The zero-order valence-corrected chi connectivity index (χ0v) is 11.0. The minimum Gasteiger partial charge on any atom is -0.392 e. The Balaban J connectivity index is 2.22.